The zero-order valence-electron chi connectivity index (χ0n) is 16.7. The topological polar surface area (TPSA) is 59.1 Å². The molecule has 0 aromatic heterocycles. The first-order chi connectivity index (χ1) is 12.8. The quantitative estimate of drug-likeness (QED) is 0.761. The highest BCUT2D eigenvalue weighted by Crippen LogP contribution is 2.34. The molecule has 3 aliphatic heterocycles. The van der Waals surface area contributed by atoms with E-state index in [9.17, 15) is 9.59 Å². The molecule has 3 fully saturated rings. The maximum Gasteiger partial charge on any atom is 0.411 e. The van der Waals surface area contributed by atoms with Crippen molar-refractivity contribution in [3.8, 4) is 0 Å². The van der Waals surface area contributed by atoms with E-state index in [-0.39, 0.29) is 12.0 Å². The van der Waals surface area contributed by atoms with E-state index in [0.29, 0.717) is 12.5 Å². The Kier molecular flexibility index (Phi) is 5.75. The summed E-state index contributed by atoms with van der Waals surface area (Å²) in [5.74, 6) is -0.0430. The highest BCUT2D eigenvalue weighted by Gasteiger charge is 2.48. The molecule has 3 heterocycles. The minimum atomic E-state index is -0.638. The Labute approximate surface area is 161 Å². The van der Waals surface area contributed by atoms with E-state index in [1.165, 1.54) is 12.7 Å². The van der Waals surface area contributed by atoms with Crippen molar-refractivity contribution < 1.29 is 19.1 Å². The van der Waals surface area contributed by atoms with Gasteiger partial charge in [0.1, 0.15) is 11.6 Å². The van der Waals surface area contributed by atoms with E-state index < -0.39 is 17.7 Å². The predicted molar refractivity (Wildman–Crippen MR) is 102 cm³/mol. The smallest absolute Gasteiger partial charge is 0.411 e. The number of carbonyl (C=O) groups excluding carboxylic acids is 2. The number of amides is 1. The summed E-state index contributed by atoms with van der Waals surface area (Å²) in [7, 11) is 1.38. The average Bonchev–Trinajstić information content (AvgIpc) is 2.89. The molecule has 3 saturated heterocycles. The fourth-order valence-corrected chi connectivity index (χ4v) is 4.17. The van der Waals surface area contributed by atoms with Gasteiger partial charge in [-0.05, 0) is 45.1 Å². The SMILES string of the molecule is COC(=O)[C@@H]1[C@@H]2CC[C@@H](CN2Cc2ccccc2)CN1C(=O)OC(C)(C)C. The summed E-state index contributed by atoms with van der Waals surface area (Å²) in [6, 6.07) is 9.53. The maximum absolute atomic E-state index is 12.9. The van der Waals surface area contributed by atoms with Crippen LogP contribution in [0.1, 0.15) is 39.2 Å². The number of rotatable bonds is 3. The number of carbonyl (C=O) groups is 2. The summed E-state index contributed by atoms with van der Waals surface area (Å²) in [6.45, 7) is 7.67. The van der Waals surface area contributed by atoms with E-state index in [4.69, 9.17) is 9.47 Å². The fourth-order valence-electron chi connectivity index (χ4n) is 4.17. The van der Waals surface area contributed by atoms with Gasteiger partial charge in [0.25, 0.3) is 0 Å². The number of nitrogens with zero attached hydrogens (tertiary/aromatic N) is 2. The molecule has 0 saturated carbocycles. The number of methoxy groups -OCH3 is 1. The van der Waals surface area contributed by atoms with E-state index in [2.05, 4.69) is 17.0 Å². The predicted octanol–water partition coefficient (Wildman–Crippen LogP) is 3.06. The Balaban J connectivity index is 1.87. The van der Waals surface area contributed by atoms with Crippen LogP contribution in [0.4, 0.5) is 4.79 Å². The molecule has 0 N–H and O–H groups in total. The van der Waals surface area contributed by atoms with E-state index in [1.807, 2.05) is 39.0 Å². The van der Waals surface area contributed by atoms with Crippen molar-refractivity contribution >= 4 is 12.1 Å². The third kappa shape index (κ3) is 4.61. The van der Waals surface area contributed by atoms with Crippen LogP contribution >= 0.6 is 0 Å². The first-order valence-electron chi connectivity index (χ1n) is 9.64. The lowest BCUT2D eigenvalue weighted by Gasteiger charge is -2.39. The molecule has 6 nitrogen and oxygen atoms in total. The molecule has 1 aromatic carbocycles. The minimum Gasteiger partial charge on any atom is -0.467 e. The van der Waals surface area contributed by atoms with E-state index in [0.717, 1.165) is 25.9 Å². The van der Waals surface area contributed by atoms with Crippen molar-refractivity contribution in [2.24, 2.45) is 5.92 Å². The number of piperidine rings is 1. The van der Waals surface area contributed by atoms with Crippen molar-refractivity contribution in [2.45, 2.75) is 57.8 Å². The van der Waals surface area contributed by atoms with Crippen molar-refractivity contribution in [3.63, 3.8) is 0 Å². The van der Waals surface area contributed by atoms with Crippen LogP contribution in [0, 0.1) is 5.92 Å². The lowest BCUT2D eigenvalue weighted by Crippen LogP contribution is -2.56. The molecule has 0 spiro atoms. The van der Waals surface area contributed by atoms with Crippen molar-refractivity contribution in [2.75, 3.05) is 20.2 Å². The molecule has 0 unspecified atom stereocenters. The lowest BCUT2D eigenvalue weighted by atomic mass is 9.91. The van der Waals surface area contributed by atoms with Crippen LogP contribution in [0.3, 0.4) is 0 Å². The van der Waals surface area contributed by atoms with E-state index in [1.54, 1.807) is 4.90 Å². The van der Waals surface area contributed by atoms with Gasteiger partial charge in [0, 0.05) is 25.7 Å². The van der Waals surface area contributed by atoms with Crippen molar-refractivity contribution in [3.05, 3.63) is 35.9 Å². The van der Waals surface area contributed by atoms with Crippen LogP contribution in [0.15, 0.2) is 30.3 Å². The monoisotopic (exact) mass is 374 g/mol. The van der Waals surface area contributed by atoms with Crippen LogP contribution in [0.2, 0.25) is 0 Å². The summed E-state index contributed by atoms with van der Waals surface area (Å²) < 4.78 is 10.7. The third-order valence-corrected chi connectivity index (χ3v) is 5.29. The second-order valence-electron chi connectivity index (χ2n) is 8.53. The summed E-state index contributed by atoms with van der Waals surface area (Å²) in [5.41, 5.74) is 0.602. The Bertz CT molecular complexity index is 671. The normalized spacial score (nSPS) is 25.8. The summed E-state index contributed by atoms with van der Waals surface area (Å²) >= 11 is 0. The molecule has 0 aliphatic carbocycles. The molecule has 4 rings (SSSR count). The zero-order valence-corrected chi connectivity index (χ0v) is 16.7. The van der Waals surface area contributed by atoms with Crippen molar-refractivity contribution in [1.82, 2.24) is 9.80 Å². The van der Waals surface area contributed by atoms with Crippen LogP contribution in [-0.4, -0.2) is 59.7 Å². The van der Waals surface area contributed by atoms with Gasteiger partial charge in [-0.15, -0.1) is 0 Å². The Hall–Kier alpha value is -2.08. The van der Waals surface area contributed by atoms with Crippen LogP contribution in [0.25, 0.3) is 0 Å². The molecule has 3 aliphatic rings. The van der Waals surface area contributed by atoms with Crippen molar-refractivity contribution in [1.29, 1.82) is 0 Å². The lowest BCUT2D eigenvalue weighted by molar-refractivity contribution is -0.149. The number of hydrogen-bond donors (Lipinski definition) is 0. The molecular formula is C21H30N2O4. The first-order valence-corrected chi connectivity index (χ1v) is 9.64. The van der Waals surface area contributed by atoms with Gasteiger partial charge >= 0.3 is 12.1 Å². The molecular weight excluding hydrogens is 344 g/mol. The number of hydrogen-bond acceptors (Lipinski definition) is 5. The van der Waals surface area contributed by atoms with Gasteiger partial charge in [-0.2, -0.15) is 0 Å². The van der Waals surface area contributed by atoms with Crippen LogP contribution in [0.5, 0.6) is 0 Å². The van der Waals surface area contributed by atoms with Gasteiger partial charge in [-0.3, -0.25) is 9.80 Å². The summed E-state index contributed by atoms with van der Waals surface area (Å²) in [4.78, 5) is 29.5. The van der Waals surface area contributed by atoms with Gasteiger partial charge < -0.3 is 9.47 Å². The Morgan fingerprint density at radius 1 is 1.11 bits per heavy atom. The number of fused-ring (bicyclic) bond motifs is 4. The second kappa shape index (κ2) is 7.89. The van der Waals surface area contributed by atoms with Gasteiger partial charge in [0.05, 0.1) is 7.11 Å². The standard InChI is InChI=1S/C21H30N2O4/c1-21(2,3)27-20(25)23-14-16-10-11-17(18(23)19(24)26-4)22(13-16)12-15-8-6-5-7-9-15/h5-9,16-18H,10-14H2,1-4H3/t16-,17-,18-/m0/s1. The number of esters is 1. The molecule has 1 aromatic rings. The van der Waals surface area contributed by atoms with Gasteiger partial charge in [0.15, 0.2) is 0 Å². The maximum atomic E-state index is 12.9. The molecule has 2 bridgehead atoms. The second-order valence-corrected chi connectivity index (χ2v) is 8.53. The molecule has 3 atom stereocenters. The molecule has 0 radical (unpaired) electrons. The molecule has 1 amide bonds. The van der Waals surface area contributed by atoms with Gasteiger partial charge in [-0.1, -0.05) is 30.3 Å². The summed E-state index contributed by atoms with van der Waals surface area (Å²) in [5, 5.41) is 0. The number of ether oxygens (including phenoxy) is 2. The van der Waals surface area contributed by atoms with Gasteiger partial charge in [-0.25, -0.2) is 9.59 Å². The highest BCUT2D eigenvalue weighted by atomic mass is 16.6. The molecule has 6 heteroatoms. The summed E-state index contributed by atoms with van der Waals surface area (Å²) in [6.07, 6.45) is 1.44. The Morgan fingerprint density at radius 2 is 1.81 bits per heavy atom. The Morgan fingerprint density at radius 3 is 2.44 bits per heavy atom. The van der Waals surface area contributed by atoms with Crippen LogP contribution in [-0.2, 0) is 20.8 Å². The molecule has 148 valence electrons. The third-order valence-electron chi connectivity index (χ3n) is 5.29. The molecule has 27 heavy (non-hydrogen) atoms. The zero-order chi connectivity index (χ0) is 19.6. The minimum absolute atomic E-state index is 0.0658. The highest BCUT2D eigenvalue weighted by molar-refractivity contribution is 5.82. The first kappa shape index (κ1) is 19.7. The van der Waals surface area contributed by atoms with E-state index >= 15 is 0 Å². The van der Waals surface area contributed by atoms with Crippen LogP contribution < -0.4 is 0 Å². The number of benzene rings is 1. The van der Waals surface area contributed by atoms with Gasteiger partial charge in [0.2, 0.25) is 0 Å². The fraction of sp³-hybridized carbons (Fsp3) is 0.619. The average molecular weight is 374 g/mol. The largest absolute Gasteiger partial charge is 0.467 e.